The Morgan fingerprint density at radius 3 is 2.24 bits per heavy atom. The maximum Gasteiger partial charge on any atom is 0.534 e. The van der Waals surface area contributed by atoms with Crippen LogP contribution in [0.15, 0.2) is 77.3 Å². The van der Waals surface area contributed by atoms with Crippen molar-refractivity contribution < 1.29 is 49.7 Å². The zero-order chi connectivity index (χ0) is 33.2. The van der Waals surface area contributed by atoms with Crippen molar-refractivity contribution in [2.45, 2.75) is 36.5 Å². The van der Waals surface area contributed by atoms with Crippen LogP contribution in [0.3, 0.4) is 0 Å². The molecule has 2 aliphatic heterocycles. The first kappa shape index (κ1) is 32.4. The Morgan fingerprint density at radius 2 is 1.72 bits per heavy atom. The molecule has 2 aromatic carbocycles. The monoisotopic (exact) mass is 680 g/mol. The molecule has 0 saturated carbocycles. The molecule has 46 heavy (non-hydrogen) atoms. The number of carbonyl (C=O) groups is 3. The van der Waals surface area contributed by atoms with Crippen LogP contribution < -0.4 is 11.1 Å². The fraction of sp³-hybridized carbons (Fsp3) is 0.259. The number of nitrogens with two attached hydrogens (primary N) is 1. The number of nitrogens with one attached hydrogen (secondary N) is 1. The van der Waals surface area contributed by atoms with Gasteiger partial charge in [0.05, 0.1) is 6.04 Å². The molecule has 3 aromatic rings. The van der Waals surface area contributed by atoms with Gasteiger partial charge >= 0.3 is 21.6 Å². The molecule has 3 heterocycles. The summed E-state index contributed by atoms with van der Waals surface area (Å²) in [5.74, 6) is -4.40. The van der Waals surface area contributed by atoms with E-state index in [1.54, 1.807) is 60.7 Å². The van der Waals surface area contributed by atoms with Gasteiger partial charge in [-0.05, 0) is 17.5 Å². The van der Waals surface area contributed by atoms with E-state index in [0.717, 1.165) is 23.5 Å². The molecule has 242 valence electrons. The number of hydrogen-bond donors (Lipinski definition) is 2. The molecule has 0 aliphatic carbocycles. The van der Waals surface area contributed by atoms with Gasteiger partial charge in [0.2, 0.25) is 11.5 Å². The molecule has 0 radical (unpaired) electrons. The molecule has 1 aromatic heterocycles. The molecular weight excluding hydrogens is 657 g/mol. The molecule has 1 saturated heterocycles. The number of hydrogen-bond acceptors (Lipinski definition) is 13. The molecule has 1 fully saturated rings. The number of aromatic nitrogens is 2. The maximum absolute atomic E-state index is 13.8. The number of esters is 1. The van der Waals surface area contributed by atoms with Crippen LogP contribution in [0.4, 0.5) is 18.3 Å². The lowest BCUT2D eigenvalue weighted by Crippen LogP contribution is -2.72. The number of β-lactam (4-membered cyclic amide) rings is 1. The van der Waals surface area contributed by atoms with Crippen LogP contribution in [0.1, 0.15) is 35.9 Å². The molecule has 2 amide bonds. The van der Waals surface area contributed by atoms with Crippen molar-refractivity contribution in [3.8, 4) is 0 Å². The third-order valence-corrected chi connectivity index (χ3v) is 8.38. The Balaban J connectivity index is 1.48. The first-order valence-electron chi connectivity index (χ1n) is 13.2. The number of anilines is 1. The Morgan fingerprint density at radius 1 is 1.11 bits per heavy atom. The first-order chi connectivity index (χ1) is 21.8. The largest absolute Gasteiger partial charge is 0.534 e. The topological polar surface area (TPSA) is 192 Å². The fourth-order valence-corrected chi connectivity index (χ4v) is 5.80. The van der Waals surface area contributed by atoms with Gasteiger partial charge in [-0.15, -0.1) is 0 Å². The van der Waals surface area contributed by atoms with Crippen LogP contribution in [0.25, 0.3) is 0 Å². The number of rotatable bonds is 10. The molecule has 0 unspecified atom stereocenters. The fourth-order valence-electron chi connectivity index (χ4n) is 4.84. The Bertz CT molecular complexity index is 1780. The van der Waals surface area contributed by atoms with E-state index >= 15 is 0 Å². The van der Waals surface area contributed by atoms with E-state index in [2.05, 4.69) is 28.9 Å². The lowest BCUT2D eigenvalue weighted by Gasteiger charge is -2.49. The predicted octanol–water partition coefficient (Wildman–Crippen LogP) is 2.37. The summed E-state index contributed by atoms with van der Waals surface area (Å²) < 4.78 is 77.9. The minimum Gasteiger partial charge on any atom is -0.448 e. The van der Waals surface area contributed by atoms with E-state index < -0.39 is 75.2 Å². The molecule has 14 nitrogen and oxygen atoms in total. The van der Waals surface area contributed by atoms with Crippen molar-refractivity contribution in [3.05, 3.63) is 89.1 Å². The number of oxime groups is 1. The second-order valence-electron chi connectivity index (χ2n) is 9.71. The molecule has 2 atom stereocenters. The average molecular weight is 681 g/mol. The van der Waals surface area contributed by atoms with Gasteiger partial charge in [0.1, 0.15) is 13.2 Å². The molecule has 0 spiro atoms. The summed E-state index contributed by atoms with van der Waals surface area (Å²) in [7, 11) is -5.09. The normalized spacial score (nSPS) is 18.5. The molecule has 2 aliphatic rings. The van der Waals surface area contributed by atoms with Crippen LogP contribution in [0, 0.1) is 0 Å². The summed E-state index contributed by atoms with van der Waals surface area (Å²) in [6, 6.07) is 14.3. The number of carbonyl (C=O) groups excluding carboxylic acids is 3. The molecular formula is C27H23F3N6O8S2. The summed E-state index contributed by atoms with van der Waals surface area (Å²) in [4.78, 5) is 49.5. The minimum absolute atomic E-state index is 0.0173. The number of alkyl halides is 3. The highest BCUT2D eigenvalue weighted by molar-refractivity contribution is 7.87. The van der Waals surface area contributed by atoms with Crippen molar-refractivity contribution in [2.24, 2.45) is 5.16 Å². The van der Waals surface area contributed by atoms with E-state index in [1.165, 1.54) is 0 Å². The summed E-state index contributed by atoms with van der Waals surface area (Å²) in [5.41, 5.74) is -0.584. The predicted molar refractivity (Wildman–Crippen MR) is 154 cm³/mol. The summed E-state index contributed by atoms with van der Waals surface area (Å²) in [5, 5.41) is 6.03. The molecule has 5 rings (SSSR count). The quantitative estimate of drug-likeness (QED) is 0.0798. The third-order valence-electron chi connectivity index (χ3n) is 6.85. The van der Waals surface area contributed by atoms with Gasteiger partial charge < -0.3 is 24.8 Å². The second kappa shape index (κ2) is 12.8. The van der Waals surface area contributed by atoms with Gasteiger partial charge in [-0.3, -0.25) is 14.5 Å². The number of allylic oxidation sites excluding steroid dienone is 1. The highest BCUT2D eigenvalue weighted by Gasteiger charge is 2.57. The lowest BCUT2D eigenvalue weighted by molar-refractivity contribution is -0.159. The van der Waals surface area contributed by atoms with Gasteiger partial charge in [0, 0.05) is 18.0 Å². The number of amides is 2. The zero-order valence-electron chi connectivity index (χ0n) is 23.5. The van der Waals surface area contributed by atoms with Crippen molar-refractivity contribution in [1.82, 2.24) is 19.6 Å². The molecule has 3 N–H and O–H groups in total. The van der Waals surface area contributed by atoms with E-state index in [9.17, 15) is 36.0 Å². The van der Waals surface area contributed by atoms with Crippen LogP contribution in [0.2, 0.25) is 0 Å². The average Bonchev–Trinajstić information content (AvgIpc) is 3.46. The Hall–Kier alpha value is -5.04. The lowest BCUT2D eigenvalue weighted by atomic mass is 9.85. The highest BCUT2D eigenvalue weighted by atomic mass is 32.2. The summed E-state index contributed by atoms with van der Waals surface area (Å²) >= 11 is 0.769. The van der Waals surface area contributed by atoms with Crippen molar-refractivity contribution in [3.63, 3.8) is 0 Å². The number of nitrogens with zero attached hydrogens (tertiary/aromatic N) is 4. The van der Waals surface area contributed by atoms with Crippen LogP contribution in [-0.2, 0) is 38.3 Å². The van der Waals surface area contributed by atoms with Crippen molar-refractivity contribution in [1.29, 1.82) is 0 Å². The van der Waals surface area contributed by atoms with Gasteiger partial charge in [0.25, 0.3) is 11.8 Å². The number of ether oxygens (including phenoxy) is 1. The summed E-state index contributed by atoms with van der Waals surface area (Å²) in [6.07, 6.45) is -1.85. The minimum atomic E-state index is -6.24. The van der Waals surface area contributed by atoms with E-state index in [1.807, 2.05) is 0 Å². The standard InChI is InChI=1S/C27H23F3N6O8S2/c1-42-34-19(22-33-26(31)45-35-22)23(37)32-18-16-12-13-17(44-46(40,41)27(28,29)30)20(36(16)24(18)38)25(39)43-21(14-8-4-2-5-9-14)15-10-6-3-7-11-15/h2-11,16,18,21H,12-13H2,1H3,(H,32,37)(H2,31,33,35)/b34-19+/t16-,18+/m1/s1. The summed E-state index contributed by atoms with van der Waals surface area (Å²) in [6.45, 7) is 0. The van der Waals surface area contributed by atoms with Gasteiger partial charge in [-0.1, -0.05) is 65.8 Å². The third kappa shape index (κ3) is 6.36. The van der Waals surface area contributed by atoms with Gasteiger partial charge in [-0.25, -0.2) is 4.79 Å². The number of nitrogen functional groups attached to an aromatic ring is 1. The number of fused-ring (bicyclic) bond motifs is 1. The second-order valence-corrected chi connectivity index (χ2v) is 12.0. The molecule has 19 heteroatoms. The number of halogens is 3. The Kier molecular flexibility index (Phi) is 8.97. The van der Waals surface area contributed by atoms with Gasteiger partial charge in [0.15, 0.2) is 22.7 Å². The smallest absolute Gasteiger partial charge is 0.448 e. The highest BCUT2D eigenvalue weighted by Crippen LogP contribution is 2.41. The number of benzene rings is 2. The van der Waals surface area contributed by atoms with E-state index in [-0.39, 0.29) is 17.4 Å². The maximum atomic E-state index is 13.8. The van der Waals surface area contributed by atoms with Crippen LogP contribution in [0.5, 0.6) is 0 Å². The first-order valence-corrected chi connectivity index (χ1v) is 15.4. The van der Waals surface area contributed by atoms with E-state index in [0.29, 0.717) is 11.1 Å². The van der Waals surface area contributed by atoms with E-state index in [4.69, 9.17) is 10.5 Å². The van der Waals surface area contributed by atoms with Gasteiger partial charge in [-0.2, -0.15) is 30.9 Å². The SMILES string of the molecule is CO/N=C(/C(=O)N[C@@H]1C(=O)N2C(C(=O)OC(c3ccccc3)c3ccccc3)=C(OS(=O)(=O)C(F)(F)F)CC[C@H]12)c1nsc(N)n1. The Labute approximate surface area is 262 Å². The van der Waals surface area contributed by atoms with Crippen molar-refractivity contribution >= 4 is 50.3 Å². The van der Waals surface area contributed by atoms with Crippen LogP contribution >= 0.6 is 11.5 Å². The molecule has 0 bridgehead atoms. The van der Waals surface area contributed by atoms with Crippen LogP contribution in [-0.4, -0.2) is 70.9 Å². The zero-order valence-corrected chi connectivity index (χ0v) is 25.1. The van der Waals surface area contributed by atoms with Crippen molar-refractivity contribution in [2.75, 3.05) is 12.8 Å².